The summed E-state index contributed by atoms with van der Waals surface area (Å²) in [6.45, 7) is 4.18. The first-order valence-corrected chi connectivity index (χ1v) is 7.71. The monoisotopic (exact) mass is 287 g/mol. The molecule has 0 aromatic heterocycles. The van der Waals surface area contributed by atoms with Crippen molar-refractivity contribution in [3.63, 3.8) is 0 Å². The Labute approximate surface area is 127 Å². The van der Waals surface area contributed by atoms with Crippen LogP contribution in [0.3, 0.4) is 0 Å². The zero-order chi connectivity index (χ0) is 15.1. The summed E-state index contributed by atoms with van der Waals surface area (Å²) >= 11 is 0. The van der Waals surface area contributed by atoms with Gasteiger partial charge in [0, 0.05) is 12.6 Å². The van der Waals surface area contributed by atoms with Gasteiger partial charge in [-0.05, 0) is 64.6 Å². The molecule has 0 amide bonds. The molecular weight excluding hydrogens is 262 g/mol. The van der Waals surface area contributed by atoms with Gasteiger partial charge in [-0.25, -0.2) is 0 Å². The average Bonchev–Trinajstić information content (AvgIpc) is 2.52. The quantitative estimate of drug-likeness (QED) is 0.753. The Hall–Kier alpha value is -1.57. The minimum atomic E-state index is 0.651. The molecule has 0 spiro atoms. The van der Waals surface area contributed by atoms with Gasteiger partial charge in [0.1, 0.15) is 5.75 Å². The van der Waals surface area contributed by atoms with Crippen molar-refractivity contribution in [2.24, 2.45) is 0 Å². The Kier molecular flexibility index (Phi) is 6.04. The van der Waals surface area contributed by atoms with E-state index in [1.807, 2.05) is 12.1 Å². The van der Waals surface area contributed by atoms with Crippen molar-refractivity contribution in [2.75, 3.05) is 40.3 Å². The summed E-state index contributed by atoms with van der Waals surface area (Å²) in [7, 11) is 4.34. The number of hydrogen-bond acceptors (Lipinski definition) is 4. The molecule has 1 aliphatic heterocycles. The molecule has 4 nitrogen and oxygen atoms in total. The van der Waals surface area contributed by atoms with E-state index in [4.69, 9.17) is 10.00 Å². The molecule has 0 unspecified atom stereocenters. The SMILES string of the molecule is CN(C)C1CCN(CCCOc2cccc(C#N)c2)CC1. The maximum atomic E-state index is 8.85. The first-order valence-electron chi connectivity index (χ1n) is 7.71. The van der Waals surface area contributed by atoms with E-state index in [-0.39, 0.29) is 0 Å². The van der Waals surface area contributed by atoms with Crippen molar-refractivity contribution < 1.29 is 4.74 Å². The molecule has 114 valence electrons. The minimum absolute atomic E-state index is 0.651. The molecule has 0 atom stereocenters. The number of benzene rings is 1. The molecular formula is C17H25N3O. The summed E-state index contributed by atoms with van der Waals surface area (Å²) in [5.41, 5.74) is 0.651. The average molecular weight is 287 g/mol. The summed E-state index contributed by atoms with van der Waals surface area (Å²) in [5.74, 6) is 0.792. The number of rotatable bonds is 6. The standard InChI is InChI=1S/C17H25N3O/c1-19(2)16-7-10-20(11-8-16)9-4-12-21-17-6-3-5-15(13-17)14-18/h3,5-6,13,16H,4,7-12H2,1-2H3. The van der Waals surface area contributed by atoms with E-state index in [0.717, 1.165) is 24.8 Å². The highest BCUT2D eigenvalue weighted by atomic mass is 16.5. The van der Waals surface area contributed by atoms with Crippen molar-refractivity contribution in [3.8, 4) is 11.8 Å². The number of ether oxygens (including phenoxy) is 1. The zero-order valence-electron chi connectivity index (χ0n) is 13.1. The highest BCUT2D eigenvalue weighted by Crippen LogP contribution is 2.15. The van der Waals surface area contributed by atoms with E-state index in [1.165, 1.54) is 25.9 Å². The first kappa shape index (κ1) is 15.8. The number of likely N-dealkylation sites (tertiary alicyclic amines) is 1. The Bertz CT molecular complexity index is 473. The van der Waals surface area contributed by atoms with Crippen LogP contribution in [0.5, 0.6) is 5.75 Å². The maximum Gasteiger partial charge on any atom is 0.120 e. The first-order chi connectivity index (χ1) is 10.2. The molecule has 0 N–H and O–H groups in total. The van der Waals surface area contributed by atoms with Crippen molar-refractivity contribution in [1.82, 2.24) is 9.80 Å². The van der Waals surface area contributed by atoms with Gasteiger partial charge in [-0.3, -0.25) is 0 Å². The van der Waals surface area contributed by atoms with Crippen LogP contribution in [0.25, 0.3) is 0 Å². The Balaban J connectivity index is 1.63. The molecule has 0 radical (unpaired) electrons. The molecule has 1 saturated heterocycles. The molecule has 2 rings (SSSR count). The fourth-order valence-electron chi connectivity index (χ4n) is 2.79. The summed E-state index contributed by atoms with van der Waals surface area (Å²) in [5, 5.41) is 8.85. The topological polar surface area (TPSA) is 39.5 Å². The summed E-state index contributed by atoms with van der Waals surface area (Å²) in [6.07, 6.45) is 3.56. The van der Waals surface area contributed by atoms with E-state index < -0.39 is 0 Å². The van der Waals surface area contributed by atoms with Gasteiger partial charge in [-0.1, -0.05) is 6.07 Å². The van der Waals surface area contributed by atoms with Crippen LogP contribution >= 0.6 is 0 Å². The predicted molar refractivity (Wildman–Crippen MR) is 84.4 cm³/mol. The fraction of sp³-hybridized carbons (Fsp3) is 0.588. The van der Waals surface area contributed by atoms with E-state index in [2.05, 4.69) is 30.0 Å². The number of nitrogens with zero attached hydrogens (tertiary/aromatic N) is 3. The van der Waals surface area contributed by atoms with Crippen molar-refractivity contribution >= 4 is 0 Å². The van der Waals surface area contributed by atoms with Crippen LogP contribution in [-0.4, -0.2) is 56.2 Å². The molecule has 1 aliphatic rings. The second-order valence-electron chi connectivity index (χ2n) is 5.88. The highest BCUT2D eigenvalue weighted by molar-refractivity contribution is 5.36. The molecule has 21 heavy (non-hydrogen) atoms. The Morgan fingerprint density at radius 2 is 2.10 bits per heavy atom. The van der Waals surface area contributed by atoms with Crippen molar-refractivity contribution in [2.45, 2.75) is 25.3 Å². The van der Waals surface area contributed by atoms with Gasteiger partial charge >= 0.3 is 0 Å². The van der Waals surface area contributed by atoms with Gasteiger partial charge in [0.15, 0.2) is 0 Å². The lowest BCUT2D eigenvalue weighted by atomic mass is 10.0. The van der Waals surface area contributed by atoms with E-state index >= 15 is 0 Å². The van der Waals surface area contributed by atoms with Gasteiger partial charge in [0.05, 0.1) is 18.2 Å². The van der Waals surface area contributed by atoms with Crippen LogP contribution < -0.4 is 4.74 Å². The van der Waals surface area contributed by atoms with E-state index in [1.54, 1.807) is 12.1 Å². The molecule has 4 heteroatoms. The lowest BCUT2D eigenvalue weighted by molar-refractivity contribution is 0.138. The molecule has 0 bridgehead atoms. The zero-order valence-corrected chi connectivity index (χ0v) is 13.1. The van der Waals surface area contributed by atoms with Gasteiger partial charge in [-0.15, -0.1) is 0 Å². The van der Waals surface area contributed by atoms with Gasteiger partial charge in [0.2, 0.25) is 0 Å². The molecule has 1 heterocycles. The van der Waals surface area contributed by atoms with E-state index in [0.29, 0.717) is 12.2 Å². The maximum absolute atomic E-state index is 8.85. The van der Waals surface area contributed by atoms with E-state index in [9.17, 15) is 0 Å². The normalized spacial score (nSPS) is 16.9. The third-order valence-electron chi connectivity index (χ3n) is 4.14. The summed E-state index contributed by atoms with van der Waals surface area (Å²) in [4.78, 5) is 4.86. The van der Waals surface area contributed by atoms with Gasteiger partial charge in [0.25, 0.3) is 0 Å². The predicted octanol–water partition coefficient (Wildman–Crippen LogP) is 2.35. The largest absolute Gasteiger partial charge is 0.494 e. The number of hydrogen-bond donors (Lipinski definition) is 0. The van der Waals surface area contributed by atoms with Gasteiger partial charge in [-0.2, -0.15) is 5.26 Å². The second-order valence-corrected chi connectivity index (χ2v) is 5.88. The van der Waals surface area contributed by atoms with Crippen LogP contribution in [0.15, 0.2) is 24.3 Å². The molecule has 0 aliphatic carbocycles. The lowest BCUT2D eigenvalue weighted by Crippen LogP contribution is -2.42. The third-order valence-corrected chi connectivity index (χ3v) is 4.14. The lowest BCUT2D eigenvalue weighted by Gasteiger charge is -2.35. The van der Waals surface area contributed by atoms with Crippen LogP contribution in [0.1, 0.15) is 24.8 Å². The second kappa shape index (κ2) is 8.02. The third kappa shape index (κ3) is 5.04. The fourth-order valence-corrected chi connectivity index (χ4v) is 2.79. The molecule has 0 saturated carbocycles. The summed E-state index contributed by atoms with van der Waals surface area (Å²) < 4.78 is 5.71. The van der Waals surface area contributed by atoms with Crippen LogP contribution in [0.4, 0.5) is 0 Å². The van der Waals surface area contributed by atoms with Crippen LogP contribution in [-0.2, 0) is 0 Å². The van der Waals surface area contributed by atoms with Crippen LogP contribution in [0, 0.1) is 11.3 Å². The number of piperidine rings is 1. The smallest absolute Gasteiger partial charge is 0.120 e. The van der Waals surface area contributed by atoms with Crippen molar-refractivity contribution in [1.29, 1.82) is 5.26 Å². The number of nitriles is 1. The minimum Gasteiger partial charge on any atom is -0.494 e. The summed E-state index contributed by atoms with van der Waals surface area (Å²) in [6, 6.07) is 10.2. The van der Waals surface area contributed by atoms with Crippen molar-refractivity contribution in [3.05, 3.63) is 29.8 Å². The molecule has 1 fully saturated rings. The Morgan fingerprint density at radius 1 is 1.33 bits per heavy atom. The van der Waals surface area contributed by atoms with Crippen LogP contribution in [0.2, 0.25) is 0 Å². The molecule has 1 aromatic rings. The highest BCUT2D eigenvalue weighted by Gasteiger charge is 2.19. The molecule has 1 aromatic carbocycles. The Morgan fingerprint density at radius 3 is 2.76 bits per heavy atom. The van der Waals surface area contributed by atoms with Gasteiger partial charge < -0.3 is 14.5 Å².